The van der Waals surface area contributed by atoms with Gasteiger partial charge in [0.2, 0.25) is 5.91 Å². The maximum Gasteiger partial charge on any atom is 0.265 e. The Balaban J connectivity index is 1.64. The van der Waals surface area contributed by atoms with Crippen LogP contribution in [0.5, 0.6) is 17.2 Å². The van der Waals surface area contributed by atoms with Gasteiger partial charge in [0.15, 0.2) is 11.5 Å². The van der Waals surface area contributed by atoms with E-state index in [0.29, 0.717) is 37.6 Å². The zero-order chi connectivity index (χ0) is 28.2. The van der Waals surface area contributed by atoms with Crippen molar-refractivity contribution in [2.75, 3.05) is 63.3 Å². The Bertz CT molecular complexity index is 1450. The lowest BCUT2D eigenvalue weighted by atomic mass is 10.2. The Morgan fingerprint density at radius 2 is 1.54 bits per heavy atom. The largest absolute Gasteiger partial charge is 0.495 e. The summed E-state index contributed by atoms with van der Waals surface area (Å²) >= 11 is 6.23. The van der Waals surface area contributed by atoms with E-state index >= 15 is 0 Å². The molecule has 0 aromatic heterocycles. The van der Waals surface area contributed by atoms with E-state index in [-0.39, 0.29) is 32.9 Å². The van der Waals surface area contributed by atoms with E-state index < -0.39 is 22.5 Å². The number of para-hydroxylation sites is 1. The molecule has 1 fully saturated rings. The highest BCUT2D eigenvalue weighted by Gasteiger charge is 2.33. The first-order chi connectivity index (χ1) is 18.7. The summed E-state index contributed by atoms with van der Waals surface area (Å²) in [5.74, 6) is 0.0340. The van der Waals surface area contributed by atoms with Gasteiger partial charge in [0.25, 0.3) is 10.0 Å². The second-order valence-corrected chi connectivity index (χ2v) is 11.0. The minimum atomic E-state index is -4.30. The highest BCUT2D eigenvalue weighted by molar-refractivity contribution is 7.92. The predicted octanol–water partition coefficient (Wildman–Crippen LogP) is 4.05. The summed E-state index contributed by atoms with van der Waals surface area (Å²) in [6.07, 6.45) is 0. The Morgan fingerprint density at radius 3 is 2.18 bits per heavy atom. The van der Waals surface area contributed by atoms with Gasteiger partial charge >= 0.3 is 0 Å². The average Bonchev–Trinajstić information content (AvgIpc) is 2.95. The molecular weight excluding hydrogens is 549 g/mol. The molecule has 0 saturated carbocycles. The molecule has 0 atom stereocenters. The van der Waals surface area contributed by atoms with Crippen molar-refractivity contribution in [1.29, 1.82) is 0 Å². The molecule has 4 rings (SSSR count). The number of hydrogen-bond acceptors (Lipinski definition) is 7. The van der Waals surface area contributed by atoms with Crippen molar-refractivity contribution < 1.29 is 31.8 Å². The number of hydrogen-bond donors (Lipinski definition) is 0. The number of rotatable bonds is 9. The zero-order valence-corrected chi connectivity index (χ0v) is 23.3. The fraction of sp³-hybridized carbons (Fsp3) is 0.296. The first-order valence-electron chi connectivity index (χ1n) is 12.0. The summed E-state index contributed by atoms with van der Waals surface area (Å²) in [5.41, 5.74) is 0.573. The standard InChI is InChI=1S/C27H29ClFN3O6S/c1-36-24-10-8-19(28)16-23(24)32(39(34,35)20-9-11-25(37-2)26(17-20)38-3)18-27(33)31-14-12-30(13-15-31)22-7-5-4-6-21(22)29/h4-11,16-17H,12-15,18H2,1-3H3. The van der Waals surface area contributed by atoms with Crippen LogP contribution in [0, 0.1) is 5.82 Å². The van der Waals surface area contributed by atoms with Crippen molar-refractivity contribution in [3.8, 4) is 17.2 Å². The fourth-order valence-electron chi connectivity index (χ4n) is 4.39. The van der Waals surface area contributed by atoms with Gasteiger partial charge < -0.3 is 24.0 Å². The van der Waals surface area contributed by atoms with Crippen molar-refractivity contribution in [1.82, 2.24) is 4.90 Å². The van der Waals surface area contributed by atoms with E-state index in [0.717, 1.165) is 4.31 Å². The summed E-state index contributed by atoms with van der Waals surface area (Å²) in [6.45, 7) is 0.881. The molecule has 12 heteroatoms. The van der Waals surface area contributed by atoms with Crippen LogP contribution in [-0.2, 0) is 14.8 Å². The summed E-state index contributed by atoms with van der Waals surface area (Å²) in [4.78, 5) is 16.8. The van der Waals surface area contributed by atoms with Crippen molar-refractivity contribution in [2.24, 2.45) is 0 Å². The van der Waals surface area contributed by atoms with Gasteiger partial charge in [-0.05, 0) is 42.5 Å². The number of piperazine rings is 1. The van der Waals surface area contributed by atoms with Crippen LogP contribution in [0.4, 0.5) is 15.8 Å². The molecule has 0 N–H and O–H groups in total. The molecule has 1 aliphatic heterocycles. The lowest BCUT2D eigenvalue weighted by molar-refractivity contribution is -0.129. The summed E-state index contributed by atoms with van der Waals surface area (Å²) in [6, 6.07) is 15.2. The van der Waals surface area contributed by atoms with Gasteiger partial charge in [0.05, 0.1) is 37.6 Å². The summed E-state index contributed by atoms with van der Waals surface area (Å²) in [7, 11) is -0.0585. The Kier molecular flexibility index (Phi) is 8.71. The average molecular weight is 578 g/mol. The maximum absolute atomic E-state index is 14.3. The number of carbonyl (C=O) groups is 1. The number of methoxy groups -OCH3 is 3. The Labute approximate surface area is 232 Å². The van der Waals surface area contributed by atoms with Gasteiger partial charge in [-0.25, -0.2) is 12.8 Å². The molecule has 39 heavy (non-hydrogen) atoms. The van der Waals surface area contributed by atoms with Crippen LogP contribution in [0.1, 0.15) is 0 Å². The van der Waals surface area contributed by atoms with Crippen LogP contribution in [0.2, 0.25) is 5.02 Å². The fourth-order valence-corrected chi connectivity index (χ4v) is 5.99. The molecule has 0 radical (unpaired) electrons. The number of benzene rings is 3. The first kappa shape index (κ1) is 28.3. The molecule has 0 unspecified atom stereocenters. The highest BCUT2D eigenvalue weighted by Crippen LogP contribution is 2.37. The monoisotopic (exact) mass is 577 g/mol. The molecule has 1 amide bonds. The molecule has 1 heterocycles. The number of ether oxygens (including phenoxy) is 3. The second-order valence-electron chi connectivity index (χ2n) is 8.66. The summed E-state index contributed by atoms with van der Waals surface area (Å²) < 4.78 is 59.1. The molecule has 3 aromatic rings. The first-order valence-corrected chi connectivity index (χ1v) is 13.9. The van der Waals surface area contributed by atoms with Crippen LogP contribution in [-0.4, -0.2) is 73.3 Å². The highest BCUT2D eigenvalue weighted by atomic mass is 35.5. The van der Waals surface area contributed by atoms with Gasteiger partial charge in [-0.1, -0.05) is 23.7 Å². The minimum absolute atomic E-state index is 0.109. The van der Waals surface area contributed by atoms with Crippen molar-refractivity contribution in [3.63, 3.8) is 0 Å². The molecular formula is C27H29ClFN3O6S. The van der Waals surface area contributed by atoms with Gasteiger partial charge in [0.1, 0.15) is 18.1 Å². The third-order valence-electron chi connectivity index (χ3n) is 6.46. The molecule has 208 valence electrons. The van der Waals surface area contributed by atoms with Crippen LogP contribution in [0.25, 0.3) is 0 Å². The summed E-state index contributed by atoms with van der Waals surface area (Å²) in [5, 5.41) is 0.268. The normalized spacial score (nSPS) is 13.7. The third kappa shape index (κ3) is 5.99. The number of anilines is 2. The van der Waals surface area contributed by atoms with Gasteiger partial charge in [-0.2, -0.15) is 0 Å². The smallest absolute Gasteiger partial charge is 0.265 e. The maximum atomic E-state index is 14.3. The Hall–Kier alpha value is -3.70. The SMILES string of the molecule is COc1ccc(S(=O)(=O)N(CC(=O)N2CCN(c3ccccc3F)CC2)c2cc(Cl)ccc2OC)cc1OC. The number of carbonyl (C=O) groups excluding carboxylic acids is 1. The third-order valence-corrected chi connectivity index (χ3v) is 8.45. The quantitative estimate of drug-likeness (QED) is 0.379. The number of halogens is 2. The number of nitrogens with zero attached hydrogens (tertiary/aromatic N) is 3. The second kappa shape index (κ2) is 12.0. The van der Waals surface area contributed by atoms with Crippen LogP contribution in [0.3, 0.4) is 0 Å². The van der Waals surface area contributed by atoms with Gasteiger partial charge in [-0.15, -0.1) is 0 Å². The Morgan fingerprint density at radius 1 is 0.897 bits per heavy atom. The topological polar surface area (TPSA) is 88.6 Å². The van der Waals surface area contributed by atoms with Crippen LogP contribution in [0.15, 0.2) is 65.6 Å². The zero-order valence-electron chi connectivity index (χ0n) is 21.8. The molecule has 1 saturated heterocycles. The van der Waals surface area contributed by atoms with Crippen LogP contribution < -0.4 is 23.4 Å². The van der Waals surface area contributed by atoms with E-state index in [1.807, 2.05) is 4.90 Å². The lowest BCUT2D eigenvalue weighted by Crippen LogP contribution is -2.52. The van der Waals surface area contributed by atoms with Gasteiger partial charge in [-0.3, -0.25) is 9.10 Å². The lowest BCUT2D eigenvalue weighted by Gasteiger charge is -2.37. The molecule has 0 bridgehead atoms. The molecule has 0 aliphatic carbocycles. The predicted molar refractivity (Wildman–Crippen MR) is 147 cm³/mol. The van der Waals surface area contributed by atoms with E-state index in [9.17, 15) is 17.6 Å². The van der Waals surface area contributed by atoms with E-state index in [4.69, 9.17) is 25.8 Å². The van der Waals surface area contributed by atoms with Crippen molar-refractivity contribution >= 4 is 38.9 Å². The van der Waals surface area contributed by atoms with Crippen molar-refractivity contribution in [2.45, 2.75) is 4.90 Å². The van der Waals surface area contributed by atoms with E-state index in [1.165, 1.54) is 57.7 Å². The molecule has 0 spiro atoms. The molecule has 9 nitrogen and oxygen atoms in total. The van der Waals surface area contributed by atoms with E-state index in [1.54, 1.807) is 29.2 Å². The number of sulfonamides is 1. The van der Waals surface area contributed by atoms with Crippen molar-refractivity contribution in [3.05, 3.63) is 71.5 Å². The minimum Gasteiger partial charge on any atom is -0.495 e. The van der Waals surface area contributed by atoms with Crippen LogP contribution >= 0.6 is 11.6 Å². The van der Waals surface area contributed by atoms with Gasteiger partial charge in [0, 0.05) is 37.3 Å². The molecule has 1 aliphatic rings. The molecule has 3 aromatic carbocycles. The van der Waals surface area contributed by atoms with E-state index in [2.05, 4.69) is 0 Å². The number of amides is 1.